The standard InChI is InChI=1S/C22H30N3O2P/c1-4-16-25(19-12-8-9-13-20(19)27-3)24-17(2)22(26)28-21(23)15-14-18-10-6-5-7-11-18/h5-13,21,28H,4,14-16,23H2,1-3H3/b24-17+. The number of hydrogen-bond donors (Lipinski definition) is 1. The molecule has 0 spiro atoms. The molecule has 2 aromatic rings. The van der Waals surface area contributed by atoms with Crippen LogP contribution in [0.5, 0.6) is 5.75 Å². The van der Waals surface area contributed by atoms with Crippen LogP contribution in [0.25, 0.3) is 0 Å². The van der Waals surface area contributed by atoms with Crippen molar-refractivity contribution in [1.82, 2.24) is 0 Å². The second-order valence-electron chi connectivity index (χ2n) is 6.58. The molecule has 0 amide bonds. The zero-order chi connectivity index (χ0) is 20.4. The number of nitrogens with two attached hydrogens (primary N) is 1. The average Bonchev–Trinajstić information content (AvgIpc) is 2.72. The predicted molar refractivity (Wildman–Crippen MR) is 120 cm³/mol. The van der Waals surface area contributed by atoms with Gasteiger partial charge in [0.05, 0.1) is 7.11 Å². The van der Waals surface area contributed by atoms with E-state index in [2.05, 4.69) is 24.2 Å². The van der Waals surface area contributed by atoms with Crippen LogP contribution in [0.2, 0.25) is 0 Å². The predicted octanol–water partition coefficient (Wildman–Crippen LogP) is 4.41. The van der Waals surface area contributed by atoms with Gasteiger partial charge in [-0.3, -0.25) is 9.80 Å². The minimum atomic E-state index is -0.149. The molecule has 6 heteroatoms. The summed E-state index contributed by atoms with van der Waals surface area (Å²) in [5.74, 6) is 0.589. The number of aryl methyl sites for hydroxylation is 1. The first-order valence-electron chi connectivity index (χ1n) is 9.61. The second-order valence-corrected chi connectivity index (χ2v) is 8.07. The Labute approximate surface area is 169 Å². The van der Waals surface area contributed by atoms with E-state index in [9.17, 15) is 4.79 Å². The summed E-state index contributed by atoms with van der Waals surface area (Å²) >= 11 is 0. The molecule has 150 valence electrons. The fourth-order valence-corrected chi connectivity index (χ4v) is 3.70. The number of ether oxygens (including phenoxy) is 1. The van der Waals surface area contributed by atoms with Gasteiger partial charge in [0.1, 0.15) is 17.1 Å². The van der Waals surface area contributed by atoms with Crippen LogP contribution in [0.3, 0.4) is 0 Å². The quantitative estimate of drug-likeness (QED) is 0.345. The van der Waals surface area contributed by atoms with Crippen molar-refractivity contribution in [3.05, 3.63) is 60.2 Å². The molecule has 0 aromatic heterocycles. The Morgan fingerprint density at radius 3 is 2.54 bits per heavy atom. The number of carbonyl (C=O) groups is 1. The van der Waals surface area contributed by atoms with E-state index in [0.717, 1.165) is 30.7 Å². The average molecular weight is 399 g/mol. The minimum absolute atomic E-state index is 0.0107. The second kappa shape index (κ2) is 11.6. The van der Waals surface area contributed by atoms with E-state index >= 15 is 0 Å². The maximum absolute atomic E-state index is 12.6. The molecule has 0 heterocycles. The molecular formula is C22H30N3O2P. The van der Waals surface area contributed by atoms with Crippen LogP contribution in [0.1, 0.15) is 32.3 Å². The Hall–Kier alpha value is -2.23. The maximum atomic E-state index is 12.6. The zero-order valence-electron chi connectivity index (χ0n) is 16.9. The van der Waals surface area contributed by atoms with Gasteiger partial charge >= 0.3 is 0 Å². The van der Waals surface area contributed by atoms with Crippen molar-refractivity contribution in [2.24, 2.45) is 10.8 Å². The third kappa shape index (κ3) is 6.74. The summed E-state index contributed by atoms with van der Waals surface area (Å²) in [6.45, 7) is 4.54. The highest BCUT2D eigenvalue weighted by Gasteiger charge is 2.16. The fraction of sp³-hybridized carbons (Fsp3) is 0.364. The van der Waals surface area contributed by atoms with Crippen LogP contribution < -0.4 is 15.5 Å². The Morgan fingerprint density at radius 1 is 1.18 bits per heavy atom. The van der Waals surface area contributed by atoms with Gasteiger partial charge in [0.2, 0.25) is 0 Å². The summed E-state index contributed by atoms with van der Waals surface area (Å²) in [6, 6.07) is 17.9. The van der Waals surface area contributed by atoms with Gasteiger partial charge in [-0.25, -0.2) is 0 Å². The number of benzene rings is 2. The first-order chi connectivity index (χ1) is 13.5. The van der Waals surface area contributed by atoms with Gasteiger partial charge < -0.3 is 10.5 Å². The van der Waals surface area contributed by atoms with Gasteiger partial charge in [0, 0.05) is 12.3 Å². The largest absolute Gasteiger partial charge is 0.495 e. The highest BCUT2D eigenvalue weighted by Crippen LogP contribution is 2.29. The lowest BCUT2D eigenvalue weighted by atomic mass is 10.1. The molecule has 28 heavy (non-hydrogen) atoms. The molecule has 0 aliphatic carbocycles. The number of hydrazone groups is 1. The Bertz CT molecular complexity index is 780. The number of hydrogen-bond acceptors (Lipinski definition) is 5. The summed E-state index contributed by atoms with van der Waals surface area (Å²) in [5.41, 5.74) is 8.80. The lowest BCUT2D eigenvalue weighted by molar-refractivity contribution is -0.106. The molecule has 0 bridgehead atoms. The number of carbonyl (C=O) groups excluding carboxylic acids is 1. The van der Waals surface area contributed by atoms with Gasteiger partial charge in [-0.2, -0.15) is 5.10 Å². The van der Waals surface area contributed by atoms with Crippen LogP contribution in [0.4, 0.5) is 5.69 Å². The molecular weight excluding hydrogens is 369 g/mol. The molecule has 2 unspecified atom stereocenters. The monoisotopic (exact) mass is 399 g/mol. The summed E-state index contributed by atoms with van der Waals surface area (Å²) in [7, 11) is 1.66. The number of para-hydroxylation sites is 2. The van der Waals surface area contributed by atoms with Crippen molar-refractivity contribution in [3.8, 4) is 5.75 Å². The number of rotatable bonds is 11. The first kappa shape index (κ1) is 22.1. The highest BCUT2D eigenvalue weighted by molar-refractivity contribution is 7.62. The van der Waals surface area contributed by atoms with Crippen LogP contribution in [-0.4, -0.2) is 30.7 Å². The van der Waals surface area contributed by atoms with Crippen molar-refractivity contribution in [2.45, 2.75) is 38.9 Å². The van der Waals surface area contributed by atoms with E-state index in [4.69, 9.17) is 10.5 Å². The number of methoxy groups -OCH3 is 1. The third-order valence-corrected chi connectivity index (χ3v) is 5.58. The molecule has 2 rings (SSSR count). The lowest BCUT2D eigenvalue weighted by Gasteiger charge is -2.22. The van der Waals surface area contributed by atoms with Crippen LogP contribution in [0, 0.1) is 0 Å². The van der Waals surface area contributed by atoms with Crippen molar-refractivity contribution in [2.75, 3.05) is 18.7 Å². The molecule has 0 fully saturated rings. The van der Waals surface area contributed by atoms with Gasteiger partial charge in [-0.1, -0.05) is 49.4 Å². The van der Waals surface area contributed by atoms with Gasteiger partial charge in [-0.15, -0.1) is 0 Å². The van der Waals surface area contributed by atoms with Crippen molar-refractivity contribution < 1.29 is 9.53 Å². The zero-order valence-corrected chi connectivity index (χ0v) is 17.9. The van der Waals surface area contributed by atoms with Crippen LogP contribution in [-0.2, 0) is 11.2 Å². The molecule has 0 saturated carbocycles. The fourth-order valence-electron chi connectivity index (χ4n) is 2.82. The van der Waals surface area contributed by atoms with Crippen molar-refractivity contribution >= 4 is 25.5 Å². The molecule has 2 N–H and O–H groups in total. The minimum Gasteiger partial charge on any atom is -0.495 e. The van der Waals surface area contributed by atoms with E-state index in [0.29, 0.717) is 12.3 Å². The Balaban J connectivity index is 2.01. The molecule has 0 aliphatic rings. The number of nitrogens with zero attached hydrogens (tertiary/aromatic N) is 2. The Morgan fingerprint density at radius 2 is 1.86 bits per heavy atom. The maximum Gasteiger partial charge on any atom is 0.198 e. The Kier molecular flexibility index (Phi) is 9.12. The summed E-state index contributed by atoms with van der Waals surface area (Å²) in [4.78, 5) is 12.6. The van der Waals surface area contributed by atoms with E-state index < -0.39 is 0 Å². The summed E-state index contributed by atoms with van der Waals surface area (Å²) in [5, 5.41) is 6.43. The molecule has 0 saturated heterocycles. The van der Waals surface area contributed by atoms with E-state index in [1.165, 1.54) is 5.56 Å². The molecule has 5 nitrogen and oxygen atoms in total. The lowest BCUT2D eigenvalue weighted by Crippen LogP contribution is -2.24. The number of anilines is 1. The SMILES string of the molecule is CCCN(/N=C(\C)C(=O)PC(N)CCc1ccccc1)c1ccccc1OC. The first-order valence-corrected chi connectivity index (χ1v) is 10.7. The van der Waals surface area contributed by atoms with Gasteiger partial charge in [-0.05, 0) is 52.5 Å². The third-order valence-electron chi connectivity index (χ3n) is 4.30. The van der Waals surface area contributed by atoms with Gasteiger partial charge in [0.15, 0.2) is 5.52 Å². The molecule has 0 aliphatic heterocycles. The molecule has 0 radical (unpaired) electrons. The summed E-state index contributed by atoms with van der Waals surface area (Å²) in [6.07, 6.45) is 2.57. The topological polar surface area (TPSA) is 67.9 Å². The van der Waals surface area contributed by atoms with E-state index in [1.807, 2.05) is 47.5 Å². The molecule has 2 atom stereocenters. The highest BCUT2D eigenvalue weighted by atomic mass is 31.1. The van der Waals surface area contributed by atoms with E-state index in [1.54, 1.807) is 14.0 Å². The van der Waals surface area contributed by atoms with Crippen molar-refractivity contribution in [1.29, 1.82) is 0 Å². The van der Waals surface area contributed by atoms with Gasteiger partial charge in [0.25, 0.3) is 0 Å². The van der Waals surface area contributed by atoms with Crippen LogP contribution in [0.15, 0.2) is 59.7 Å². The van der Waals surface area contributed by atoms with Crippen LogP contribution >= 0.6 is 8.58 Å². The summed E-state index contributed by atoms with van der Waals surface area (Å²) < 4.78 is 5.44. The van der Waals surface area contributed by atoms with Crippen molar-refractivity contribution in [3.63, 3.8) is 0 Å². The normalized spacial score (nSPS) is 12.9. The smallest absolute Gasteiger partial charge is 0.198 e. The molecule has 2 aromatic carbocycles. The van der Waals surface area contributed by atoms with E-state index in [-0.39, 0.29) is 19.9 Å².